The smallest absolute Gasteiger partial charge is 0.274 e. The monoisotopic (exact) mass is 401 g/mol. The first-order chi connectivity index (χ1) is 14.5. The molecule has 0 unspecified atom stereocenters. The van der Waals surface area contributed by atoms with Crippen LogP contribution in [0.5, 0.6) is 5.75 Å². The normalized spacial score (nSPS) is 10.5. The van der Waals surface area contributed by atoms with Crippen molar-refractivity contribution in [3.8, 4) is 5.75 Å². The van der Waals surface area contributed by atoms with Gasteiger partial charge < -0.3 is 15.4 Å². The number of rotatable bonds is 9. The standard InChI is InChI=1S/C25H27N3O2/c1-18(2)19-12-14-20(15-13-19)28-25(29)24(26)22-10-6-7-11-23(22)27-16-17-30-21-8-4-3-5-9-21/h3-15,18,26-27H,16-17H2,1-2H3,(H,28,29). The summed E-state index contributed by atoms with van der Waals surface area (Å²) in [6, 6.07) is 24.6. The molecule has 0 heterocycles. The first-order valence-corrected chi connectivity index (χ1v) is 10.1. The van der Waals surface area contributed by atoms with Gasteiger partial charge in [0, 0.05) is 23.5 Å². The molecule has 154 valence electrons. The second-order valence-electron chi connectivity index (χ2n) is 7.24. The molecule has 0 aliphatic carbocycles. The average Bonchev–Trinajstić information content (AvgIpc) is 2.77. The molecule has 0 radical (unpaired) electrons. The van der Waals surface area contributed by atoms with Crippen molar-refractivity contribution in [3.63, 3.8) is 0 Å². The number of benzene rings is 3. The summed E-state index contributed by atoms with van der Waals surface area (Å²) in [5.74, 6) is 0.794. The minimum absolute atomic E-state index is 0.0880. The van der Waals surface area contributed by atoms with Crippen LogP contribution in [0.3, 0.4) is 0 Å². The van der Waals surface area contributed by atoms with Crippen molar-refractivity contribution in [2.45, 2.75) is 19.8 Å². The number of carbonyl (C=O) groups excluding carboxylic acids is 1. The van der Waals surface area contributed by atoms with Crippen LogP contribution in [0.1, 0.15) is 30.9 Å². The highest BCUT2D eigenvalue weighted by molar-refractivity contribution is 6.48. The summed E-state index contributed by atoms with van der Waals surface area (Å²) in [6.45, 7) is 5.27. The van der Waals surface area contributed by atoms with Crippen molar-refractivity contribution in [2.75, 3.05) is 23.8 Å². The quantitative estimate of drug-likeness (QED) is 0.336. The Kier molecular flexibility index (Phi) is 7.22. The van der Waals surface area contributed by atoms with E-state index in [0.29, 0.717) is 30.3 Å². The van der Waals surface area contributed by atoms with Gasteiger partial charge in [0.25, 0.3) is 5.91 Å². The molecule has 0 saturated carbocycles. The summed E-state index contributed by atoms with van der Waals surface area (Å²) >= 11 is 0. The molecule has 0 aromatic heterocycles. The number of ether oxygens (including phenoxy) is 1. The van der Waals surface area contributed by atoms with E-state index >= 15 is 0 Å². The Morgan fingerprint density at radius 1 is 0.933 bits per heavy atom. The number of amides is 1. The van der Waals surface area contributed by atoms with E-state index in [4.69, 9.17) is 10.1 Å². The van der Waals surface area contributed by atoms with E-state index in [-0.39, 0.29) is 5.71 Å². The lowest BCUT2D eigenvalue weighted by atomic mass is 10.0. The van der Waals surface area contributed by atoms with Gasteiger partial charge in [0.05, 0.1) is 0 Å². The fourth-order valence-electron chi connectivity index (χ4n) is 2.99. The van der Waals surface area contributed by atoms with Gasteiger partial charge in [-0.2, -0.15) is 0 Å². The summed E-state index contributed by atoms with van der Waals surface area (Å²) in [4.78, 5) is 12.6. The number of hydrogen-bond acceptors (Lipinski definition) is 4. The lowest BCUT2D eigenvalue weighted by Gasteiger charge is -2.14. The highest BCUT2D eigenvalue weighted by Gasteiger charge is 2.15. The molecule has 3 aromatic carbocycles. The lowest BCUT2D eigenvalue weighted by Crippen LogP contribution is -2.24. The Bertz CT molecular complexity index is 983. The lowest BCUT2D eigenvalue weighted by molar-refractivity contribution is -0.110. The van der Waals surface area contributed by atoms with Gasteiger partial charge in [0.2, 0.25) is 0 Å². The number of para-hydroxylation sites is 2. The van der Waals surface area contributed by atoms with Crippen LogP contribution in [0, 0.1) is 5.41 Å². The molecular formula is C25H27N3O2. The zero-order valence-electron chi connectivity index (χ0n) is 17.3. The van der Waals surface area contributed by atoms with E-state index in [0.717, 1.165) is 11.4 Å². The number of nitrogens with one attached hydrogen (secondary N) is 3. The van der Waals surface area contributed by atoms with Crippen molar-refractivity contribution in [1.29, 1.82) is 5.41 Å². The van der Waals surface area contributed by atoms with E-state index in [1.54, 1.807) is 6.07 Å². The van der Waals surface area contributed by atoms with E-state index in [9.17, 15) is 4.79 Å². The highest BCUT2D eigenvalue weighted by atomic mass is 16.5. The molecule has 0 aliphatic heterocycles. The Hall–Kier alpha value is -3.60. The van der Waals surface area contributed by atoms with Crippen molar-refractivity contribution < 1.29 is 9.53 Å². The SMILES string of the molecule is CC(C)c1ccc(NC(=O)C(=N)c2ccccc2NCCOc2ccccc2)cc1. The molecule has 3 rings (SSSR count). The zero-order chi connectivity index (χ0) is 21.3. The average molecular weight is 402 g/mol. The van der Waals surface area contributed by atoms with Gasteiger partial charge in [-0.25, -0.2) is 0 Å². The summed E-state index contributed by atoms with van der Waals surface area (Å²) in [7, 11) is 0. The van der Waals surface area contributed by atoms with Crippen LogP contribution in [0.25, 0.3) is 0 Å². The van der Waals surface area contributed by atoms with Crippen LogP contribution < -0.4 is 15.4 Å². The third-order valence-electron chi connectivity index (χ3n) is 4.69. The molecule has 5 nitrogen and oxygen atoms in total. The van der Waals surface area contributed by atoms with Crippen LogP contribution in [0.4, 0.5) is 11.4 Å². The van der Waals surface area contributed by atoms with Crippen molar-refractivity contribution in [2.24, 2.45) is 0 Å². The van der Waals surface area contributed by atoms with Gasteiger partial charge in [-0.05, 0) is 41.8 Å². The molecule has 0 saturated heterocycles. The molecule has 30 heavy (non-hydrogen) atoms. The maximum atomic E-state index is 12.6. The van der Waals surface area contributed by atoms with Gasteiger partial charge in [-0.1, -0.05) is 62.4 Å². The van der Waals surface area contributed by atoms with Crippen LogP contribution in [0.2, 0.25) is 0 Å². The van der Waals surface area contributed by atoms with Gasteiger partial charge in [0.15, 0.2) is 0 Å². The molecule has 1 amide bonds. The number of hydrogen-bond donors (Lipinski definition) is 3. The minimum atomic E-state index is -0.443. The van der Waals surface area contributed by atoms with Gasteiger partial charge in [0.1, 0.15) is 18.1 Å². The van der Waals surface area contributed by atoms with Gasteiger partial charge in [-0.15, -0.1) is 0 Å². The minimum Gasteiger partial charge on any atom is -0.492 e. The van der Waals surface area contributed by atoms with Crippen molar-refractivity contribution in [3.05, 3.63) is 90.0 Å². The van der Waals surface area contributed by atoms with Gasteiger partial charge >= 0.3 is 0 Å². The van der Waals surface area contributed by atoms with Crippen LogP contribution >= 0.6 is 0 Å². The zero-order valence-corrected chi connectivity index (χ0v) is 17.3. The van der Waals surface area contributed by atoms with E-state index in [1.165, 1.54) is 5.56 Å². The first kappa shape index (κ1) is 21.1. The second-order valence-corrected chi connectivity index (χ2v) is 7.24. The predicted molar refractivity (Wildman–Crippen MR) is 123 cm³/mol. The Labute approximate surface area is 177 Å². The fraction of sp³-hybridized carbons (Fsp3) is 0.200. The largest absolute Gasteiger partial charge is 0.492 e. The summed E-state index contributed by atoms with van der Waals surface area (Å²) in [6.07, 6.45) is 0. The molecule has 3 N–H and O–H groups in total. The molecular weight excluding hydrogens is 374 g/mol. The molecule has 0 aliphatic rings. The van der Waals surface area contributed by atoms with E-state index in [1.807, 2.05) is 72.8 Å². The predicted octanol–water partition coefficient (Wildman–Crippen LogP) is 5.31. The Morgan fingerprint density at radius 2 is 1.60 bits per heavy atom. The third-order valence-corrected chi connectivity index (χ3v) is 4.69. The van der Waals surface area contributed by atoms with E-state index < -0.39 is 5.91 Å². The van der Waals surface area contributed by atoms with E-state index in [2.05, 4.69) is 24.5 Å². The summed E-state index contributed by atoms with van der Waals surface area (Å²) in [5, 5.41) is 14.4. The molecule has 0 atom stereocenters. The number of carbonyl (C=O) groups is 1. The topological polar surface area (TPSA) is 74.2 Å². The molecule has 0 spiro atoms. The second kappa shape index (κ2) is 10.3. The Balaban J connectivity index is 1.59. The maximum Gasteiger partial charge on any atom is 0.274 e. The molecule has 5 heteroatoms. The number of anilines is 2. The summed E-state index contributed by atoms with van der Waals surface area (Å²) < 4.78 is 5.69. The fourth-order valence-corrected chi connectivity index (χ4v) is 2.99. The molecule has 3 aromatic rings. The molecule has 0 fully saturated rings. The maximum absolute atomic E-state index is 12.6. The van der Waals surface area contributed by atoms with Gasteiger partial charge in [-0.3, -0.25) is 10.2 Å². The highest BCUT2D eigenvalue weighted by Crippen LogP contribution is 2.19. The molecule has 0 bridgehead atoms. The van der Waals surface area contributed by atoms with Crippen molar-refractivity contribution in [1.82, 2.24) is 0 Å². The van der Waals surface area contributed by atoms with Crippen LogP contribution in [-0.2, 0) is 4.79 Å². The Morgan fingerprint density at radius 3 is 2.30 bits per heavy atom. The first-order valence-electron chi connectivity index (χ1n) is 10.1. The summed E-state index contributed by atoms with van der Waals surface area (Å²) in [5.41, 5.74) is 3.07. The van der Waals surface area contributed by atoms with Crippen LogP contribution in [0.15, 0.2) is 78.9 Å². The van der Waals surface area contributed by atoms with Crippen molar-refractivity contribution >= 4 is 23.0 Å². The van der Waals surface area contributed by atoms with Crippen LogP contribution in [-0.4, -0.2) is 24.8 Å². The third kappa shape index (κ3) is 5.70.